The first-order valence-corrected chi connectivity index (χ1v) is 6.77. The number of hydrogen-bond donors (Lipinski definition) is 0. The van der Waals surface area contributed by atoms with E-state index in [1.54, 1.807) is 4.90 Å². The summed E-state index contributed by atoms with van der Waals surface area (Å²) in [6.45, 7) is 5.10. The topological polar surface area (TPSA) is 3.24 Å². The van der Waals surface area contributed by atoms with Gasteiger partial charge in [-0.15, -0.1) is 0 Å². The first kappa shape index (κ1) is 14.6. The van der Waals surface area contributed by atoms with Crippen LogP contribution < -0.4 is 0 Å². The first-order chi connectivity index (χ1) is 8.01. The fourth-order valence-electron chi connectivity index (χ4n) is 1.97. The van der Waals surface area contributed by atoms with Gasteiger partial charge in [-0.25, -0.2) is 8.78 Å². The average molecular weight is 306 g/mol. The van der Waals surface area contributed by atoms with Gasteiger partial charge in [-0.2, -0.15) is 0 Å². The molecule has 0 saturated carbocycles. The van der Waals surface area contributed by atoms with Gasteiger partial charge in [0.1, 0.15) is 0 Å². The molecular weight excluding hydrogens is 288 g/mol. The summed E-state index contributed by atoms with van der Waals surface area (Å²) >= 11 is 3.30. The van der Waals surface area contributed by atoms with Crippen molar-refractivity contribution in [1.82, 2.24) is 4.90 Å². The predicted molar refractivity (Wildman–Crippen MR) is 71.0 cm³/mol. The monoisotopic (exact) mass is 305 g/mol. The standard InChI is InChI=1S/C13H18BrF2N/c1-10-5-11(2)7-12(6-10)8-17(4-3-14)9-13(15)16/h5-7,13H,3-4,8-9H2,1-2H3. The van der Waals surface area contributed by atoms with Crippen LogP contribution in [0, 0.1) is 13.8 Å². The molecule has 96 valence electrons. The lowest BCUT2D eigenvalue weighted by atomic mass is 10.1. The van der Waals surface area contributed by atoms with Crippen LogP contribution in [0.25, 0.3) is 0 Å². The number of alkyl halides is 3. The van der Waals surface area contributed by atoms with Gasteiger partial charge in [-0.1, -0.05) is 45.3 Å². The van der Waals surface area contributed by atoms with Crippen LogP contribution in [0.2, 0.25) is 0 Å². The van der Waals surface area contributed by atoms with E-state index < -0.39 is 6.43 Å². The predicted octanol–water partition coefficient (Wildman–Crippen LogP) is 3.77. The van der Waals surface area contributed by atoms with Crippen LogP contribution in [0.5, 0.6) is 0 Å². The minimum atomic E-state index is -2.28. The highest BCUT2D eigenvalue weighted by Crippen LogP contribution is 2.12. The number of aryl methyl sites for hydroxylation is 2. The molecule has 0 spiro atoms. The molecule has 0 unspecified atom stereocenters. The highest BCUT2D eigenvalue weighted by molar-refractivity contribution is 9.09. The molecule has 0 bridgehead atoms. The Balaban J connectivity index is 2.70. The van der Waals surface area contributed by atoms with Crippen LogP contribution in [-0.4, -0.2) is 29.7 Å². The summed E-state index contributed by atoms with van der Waals surface area (Å²) in [5.41, 5.74) is 3.45. The Bertz CT molecular complexity index is 335. The zero-order valence-electron chi connectivity index (χ0n) is 10.2. The van der Waals surface area contributed by atoms with Gasteiger partial charge in [-0.05, 0) is 19.4 Å². The molecule has 0 atom stereocenters. The lowest BCUT2D eigenvalue weighted by Gasteiger charge is -2.21. The van der Waals surface area contributed by atoms with Gasteiger partial charge in [0.2, 0.25) is 0 Å². The van der Waals surface area contributed by atoms with Crippen molar-refractivity contribution in [3.8, 4) is 0 Å². The van der Waals surface area contributed by atoms with Crippen LogP contribution in [0.1, 0.15) is 16.7 Å². The summed E-state index contributed by atoms with van der Waals surface area (Å²) < 4.78 is 24.8. The third-order valence-corrected chi connectivity index (χ3v) is 2.84. The van der Waals surface area contributed by atoms with Crippen LogP contribution in [0.3, 0.4) is 0 Å². The van der Waals surface area contributed by atoms with Crippen molar-refractivity contribution in [2.24, 2.45) is 0 Å². The maximum Gasteiger partial charge on any atom is 0.251 e. The lowest BCUT2D eigenvalue weighted by molar-refractivity contribution is 0.0881. The Hall–Kier alpha value is -0.480. The van der Waals surface area contributed by atoms with Crippen LogP contribution in [-0.2, 0) is 6.54 Å². The average Bonchev–Trinajstić information content (AvgIpc) is 2.14. The highest BCUT2D eigenvalue weighted by Gasteiger charge is 2.12. The van der Waals surface area contributed by atoms with Crippen molar-refractivity contribution in [2.75, 3.05) is 18.4 Å². The number of rotatable bonds is 6. The molecule has 1 aromatic carbocycles. The van der Waals surface area contributed by atoms with Crippen molar-refractivity contribution in [2.45, 2.75) is 26.8 Å². The molecule has 17 heavy (non-hydrogen) atoms. The number of hydrogen-bond acceptors (Lipinski definition) is 1. The molecule has 0 saturated heterocycles. The summed E-state index contributed by atoms with van der Waals surface area (Å²) in [6, 6.07) is 6.20. The molecule has 4 heteroatoms. The van der Waals surface area contributed by atoms with Crippen molar-refractivity contribution in [1.29, 1.82) is 0 Å². The fourth-order valence-corrected chi connectivity index (χ4v) is 2.47. The molecule has 0 aromatic heterocycles. The molecule has 0 aliphatic rings. The van der Waals surface area contributed by atoms with Crippen molar-refractivity contribution in [3.63, 3.8) is 0 Å². The van der Waals surface area contributed by atoms with Gasteiger partial charge >= 0.3 is 0 Å². The SMILES string of the molecule is Cc1cc(C)cc(CN(CCBr)CC(F)F)c1. The van der Waals surface area contributed by atoms with Crippen molar-refractivity contribution < 1.29 is 8.78 Å². The normalized spacial score (nSPS) is 11.5. The number of nitrogens with zero attached hydrogens (tertiary/aromatic N) is 1. The first-order valence-electron chi connectivity index (χ1n) is 5.65. The van der Waals surface area contributed by atoms with Crippen LogP contribution >= 0.6 is 15.9 Å². The zero-order chi connectivity index (χ0) is 12.8. The van der Waals surface area contributed by atoms with E-state index in [-0.39, 0.29) is 6.54 Å². The van der Waals surface area contributed by atoms with Crippen LogP contribution in [0.4, 0.5) is 8.78 Å². The largest absolute Gasteiger partial charge is 0.293 e. The second kappa shape index (κ2) is 7.07. The molecular formula is C13H18BrF2N. The van der Waals surface area contributed by atoms with E-state index in [4.69, 9.17) is 0 Å². The van der Waals surface area contributed by atoms with E-state index in [9.17, 15) is 8.78 Å². The van der Waals surface area contributed by atoms with E-state index in [1.807, 2.05) is 13.8 Å². The summed E-state index contributed by atoms with van der Waals surface area (Å²) in [7, 11) is 0. The third-order valence-electron chi connectivity index (χ3n) is 2.48. The van der Waals surface area contributed by atoms with Gasteiger partial charge in [0.25, 0.3) is 6.43 Å². The minimum absolute atomic E-state index is 0.168. The quantitative estimate of drug-likeness (QED) is 0.723. The molecule has 0 heterocycles. The Labute approximate surface area is 110 Å². The highest BCUT2D eigenvalue weighted by atomic mass is 79.9. The fraction of sp³-hybridized carbons (Fsp3) is 0.538. The van der Waals surface area contributed by atoms with E-state index in [2.05, 4.69) is 34.1 Å². The van der Waals surface area contributed by atoms with E-state index in [0.717, 1.165) is 5.56 Å². The molecule has 0 N–H and O–H groups in total. The molecule has 0 radical (unpaired) electrons. The minimum Gasteiger partial charge on any atom is -0.293 e. The maximum absolute atomic E-state index is 12.4. The summed E-state index contributed by atoms with van der Waals surface area (Å²) in [4.78, 5) is 1.77. The third kappa shape index (κ3) is 5.59. The Morgan fingerprint density at radius 3 is 2.24 bits per heavy atom. The number of halogens is 3. The number of benzene rings is 1. The molecule has 0 fully saturated rings. The van der Waals surface area contributed by atoms with E-state index in [1.165, 1.54) is 11.1 Å². The molecule has 1 aromatic rings. The van der Waals surface area contributed by atoms with Gasteiger partial charge in [0, 0.05) is 18.4 Å². The molecule has 1 nitrogen and oxygen atoms in total. The van der Waals surface area contributed by atoms with E-state index in [0.29, 0.717) is 18.4 Å². The van der Waals surface area contributed by atoms with E-state index >= 15 is 0 Å². The van der Waals surface area contributed by atoms with Gasteiger partial charge in [0.05, 0.1) is 6.54 Å². The summed E-state index contributed by atoms with van der Waals surface area (Å²) in [5, 5.41) is 0.713. The zero-order valence-corrected chi connectivity index (χ0v) is 11.8. The summed E-state index contributed by atoms with van der Waals surface area (Å²) in [6.07, 6.45) is -2.28. The Morgan fingerprint density at radius 1 is 1.18 bits per heavy atom. The van der Waals surface area contributed by atoms with Crippen LogP contribution in [0.15, 0.2) is 18.2 Å². The molecule has 1 rings (SSSR count). The van der Waals surface area contributed by atoms with Crippen molar-refractivity contribution in [3.05, 3.63) is 34.9 Å². The lowest BCUT2D eigenvalue weighted by Crippen LogP contribution is -2.30. The summed E-state index contributed by atoms with van der Waals surface area (Å²) in [5.74, 6) is 0. The molecule has 0 amide bonds. The maximum atomic E-state index is 12.4. The Morgan fingerprint density at radius 2 is 1.76 bits per heavy atom. The second-order valence-corrected chi connectivity index (χ2v) is 5.10. The Kier molecular flexibility index (Phi) is 6.06. The van der Waals surface area contributed by atoms with Gasteiger partial charge < -0.3 is 0 Å². The second-order valence-electron chi connectivity index (χ2n) is 4.31. The molecule has 0 aliphatic heterocycles. The van der Waals surface area contributed by atoms with Gasteiger partial charge in [0.15, 0.2) is 0 Å². The smallest absolute Gasteiger partial charge is 0.251 e. The van der Waals surface area contributed by atoms with Gasteiger partial charge in [-0.3, -0.25) is 4.90 Å². The molecule has 0 aliphatic carbocycles. The van der Waals surface area contributed by atoms with Crippen molar-refractivity contribution >= 4 is 15.9 Å².